The van der Waals surface area contributed by atoms with Crippen molar-refractivity contribution in [3.8, 4) is 6.07 Å². The summed E-state index contributed by atoms with van der Waals surface area (Å²) in [6, 6.07) is 9.83. The number of nitrogens with one attached hydrogen (secondary N) is 1. The number of hydrogen-bond donors (Lipinski definition) is 2. The number of nitrogens with zero attached hydrogens (tertiary/aromatic N) is 3. The van der Waals surface area contributed by atoms with Crippen LogP contribution in [0.15, 0.2) is 41.3 Å². The molecule has 3 amide bonds. The number of likely N-dealkylation sites (tertiary alicyclic amines) is 2. The molecule has 2 aromatic carbocycles. The van der Waals surface area contributed by atoms with E-state index in [2.05, 4.69) is 5.32 Å². The summed E-state index contributed by atoms with van der Waals surface area (Å²) in [7, 11) is -4.24. The number of halogens is 1. The first-order valence-electron chi connectivity index (χ1n) is 12.5. The fourth-order valence-corrected chi connectivity index (χ4v) is 5.37. The van der Waals surface area contributed by atoms with E-state index in [9.17, 15) is 32.5 Å². The van der Waals surface area contributed by atoms with Gasteiger partial charge in [-0.3, -0.25) is 9.59 Å². The summed E-state index contributed by atoms with van der Waals surface area (Å²) in [5, 5.41) is 17.0. The number of hydrogen-bond acceptors (Lipinski definition) is 7. The monoisotopic (exact) mass is 571 g/mol. The normalized spacial score (nSPS) is 18.7. The van der Waals surface area contributed by atoms with Crippen LogP contribution in [0.1, 0.15) is 42.3 Å². The number of primary sulfonamides is 1. The molecule has 40 heavy (non-hydrogen) atoms. The first-order valence-corrected chi connectivity index (χ1v) is 14.1. The van der Waals surface area contributed by atoms with E-state index in [4.69, 9.17) is 9.88 Å². The Morgan fingerprint density at radius 3 is 2.25 bits per heavy atom. The van der Waals surface area contributed by atoms with Crippen molar-refractivity contribution in [3.05, 3.63) is 58.9 Å². The lowest BCUT2D eigenvalue weighted by atomic mass is 9.95. The van der Waals surface area contributed by atoms with Gasteiger partial charge in [-0.05, 0) is 30.3 Å². The number of carbonyl (C=O) groups excluding carboxylic acids is 3. The summed E-state index contributed by atoms with van der Waals surface area (Å²) in [6.07, 6.45) is -0.537. The predicted molar refractivity (Wildman–Crippen MR) is 142 cm³/mol. The molecule has 0 spiro atoms. The topological polar surface area (TPSA) is 163 Å². The van der Waals surface area contributed by atoms with E-state index >= 15 is 0 Å². The molecule has 11 nitrogen and oxygen atoms in total. The number of rotatable bonds is 5. The number of nitriles is 1. The van der Waals surface area contributed by atoms with Gasteiger partial charge in [-0.25, -0.2) is 22.7 Å². The summed E-state index contributed by atoms with van der Waals surface area (Å²) >= 11 is 0. The number of carbonyl (C=O) groups is 3. The fraction of sp³-hybridized carbons (Fsp3) is 0.407. The highest BCUT2D eigenvalue weighted by Gasteiger charge is 2.43. The van der Waals surface area contributed by atoms with Crippen LogP contribution in [0.4, 0.5) is 14.9 Å². The first-order chi connectivity index (χ1) is 18.7. The molecule has 212 valence electrons. The molecule has 2 aliphatic heterocycles. The van der Waals surface area contributed by atoms with Gasteiger partial charge in [0.15, 0.2) is 0 Å². The molecule has 3 N–H and O–H groups in total. The van der Waals surface area contributed by atoms with E-state index in [1.165, 1.54) is 12.1 Å². The minimum Gasteiger partial charge on any atom is -0.444 e. The van der Waals surface area contributed by atoms with Crippen molar-refractivity contribution in [2.24, 2.45) is 22.4 Å². The lowest BCUT2D eigenvalue weighted by Crippen LogP contribution is -2.36. The van der Waals surface area contributed by atoms with Crippen LogP contribution in [-0.2, 0) is 26.2 Å². The molecule has 0 unspecified atom stereocenters. The Labute approximate surface area is 231 Å². The van der Waals surface area contributed by atoms with Crippen LogP contribution in [0, 0.1) is 34.4 Å². The zero-order valence-corrected chi connectivity index (χ0v) is 23.1. The Morgan fingerprint density at radius 1 is 1.07 bits per heavy atom. The average molecular weight is 572 g/mol. The smallest absolute Gasteiger partial charge is 0.410 e. The molecule has 0 aromatic heterocycles. The second-order valence-electron chi connectivity index (χ2n) is 11.1. The summed E-state index contributed by atoms with van der Waals surface area (Å²) in [4.78, 5) is 40.7. The van der Waals surface area contributed by atoms with Crippen LogP contribution in [-0.4, -0.2) is 62.3 Å². The third-order valence-electron chi connectivity index (χ3n) is 7.04. The van der Waals surface area contributed by atoms with Gasteiger partial charge < -0.3 is 19.9 Å². The maximum absolute atomic E-state index is 14.2. The highest BCUT2D eigenvalue weighted by Crippen LogP contribution is 2.33. The molecule has 2 aliphatic rings. The number of nitrogens with two attached hydrogens (primary N) is 1. The summed E-state index contributed by atoms with van der Waals surface area (Å²) in [5.74, 6) is -1.77. The van der Waals surface area contributed by atoms with E-state index in [0.29, 0.717) is 43.0 Å². The quantitative estimate of drug-likeness (QED) is 0.557. The van der Waals surface area contributed by atoms with Gasteiger partial charge in [0.2, 0.25) is 15.9 Å². The molecule has 2 saturated heterocycles. The van der Waals surface area contributed by atoms with Crippen molar-refractivity contribution >= 4 is 33.6 Å². The van der Waals surface area contributed by atoms with E-state index in [1.807, 2.05) is 6.07 Å². The van der Waals surface area contributed by atoms with Crippen LogP contribution < -0.4 is 10.5 Å². The van der Waals surface area contributed by atoms with Gasteiger partial charge in [0.1, 0.15) is 17.3 Å². The molecule has 2 aromatic rings. The zero-order valence-electron chi connectivity index (χ0n) is 22.3. The molecule has 0 bridgehead atoms. The van der Waals surface area contributed by atoms with Crippen molar-refractivity contribution in [3.63, 3.8) is 0 Å². The van der Waals surface area contributed by atoms with Crippen molar-refractivity contribution in [1.82, 2.24) is 9.80 Å². The minimum absolute atomic E-state index is 0.00147. The second kappa shape index (κ2) is 10.9. The van der Waals surface area contributed by atoms with Gasteiger partial charge in [0, 0.05) is 60.2 Å². The lowest BCUT2D eigenvalue weighted by molar-refractivity contribution is -0.123. The zero-order chi connectivity index (χ0) is 29.4. The summed E-state index contributed by atoms with van der Waals surface area (Å²) < 4.78 is 42.6. The fourth-order valence-electron chi connectivity index (χ4n) is 4.78. The molecule has 2 atom stereocenters. The number of fused-ring (bicyclic) bond motifs is 1. The highest BCUT2D eigenvalue weighted by atomic mass is 32.2. The van der Waals surface area contributed by atoms with Gasteiger partial charge in [-0.1, -0.05) is 26.8 Å². The minimum atomic E-state index is -4.24. The lowest BCUT2D eigenvalue weighted by Gasteiger charge is -2.22. The van der Waals surface area contributed by atoms with Crippen LogP contribution in [0.3, 0.4) is 0 Å². The number of benzene rings is 2. The standard InChI is InChI=1S/C27H30FN5O6S/c1-27(2,3)25(35)31-22-8-16(10-29)4-5-18(22)15-39-26(36)33-13-19-11-32(12-20(19)14-33)24(34)17-6-7-23(21(28)9-17)40(30,37)38/h4-9,19-20H,11-15H2,1-3H3,(H,31,35)(H2,30,37,38)/t19-,20-/m0/s1. The summed E-state index contributed by atoms with van der Waals surface area (Å²) in [5.41, 5.74) is 0.642. The first kappa shape index (κ1) is 29.0. The Bertz CT molecular complexity index is 1500. The Kier molecular flexibility index (Phi) is 7.87. The van der Waals surface area contributed by atoms with Gasteiger partial charge in [0.25, 0.3) is 5.91 Å². The van der Waals surface area contributed by atoms with Crippen LogP contribution >= 0.6 is 0 Å². The number of anilines is 1. The maximum Gasteiger partial charge on any atom is 0.410 e. The van der Waals surface area contributed by atoms with Gasteiger partial charge in [0.05, 0.1) is 11.6 Å². The highest BCUT2D eigenvalue weighted by molar-refractivity contribution is 7.89. The molecular weight excluding hydrogens is 541 g/mol. The molecule has 0 radical (unpaired) electrons. The van der Waals surface area contributed by atoms with Crippen LogP contribution in [0.2, 0.25) is 0 Å². The van der Waals surface area contributed by atoms with Crippen molar-refractivity contribution in [2.75, 3.05) is 31.5 Å². The molecule has 4 rings (SSSR count). The number of ether oxygens (including phenoxy) is 1. The van der Waals surface area contributed by atoms with E-state index in [0.717, 1.165) is 12.1 Å². The average Bonchev–Trinajstić information content (AvgIpc) is 3.45. The molecule has 0 aliphatic carbocycles. The molecule has 2 heterocycles. The van der Waals surface area contributed by atoms with Crippen LogP contribution in [0.25, 0.3) is 0 Å². The third-order valence-corrected chi connectivity index (χ3v) is 7.98. The van der Waals surface area contributed by atoms with Gasteiger partial charge in [-0.15, -0.1) is 0 Å². The van der Waals surface area contributed by atoms with Crippen molar-refractivity contribution in [2.45, 2.75) is 32.3 Å². The molecule has 2 fully saturated rings. The second-order valence-corrected chi connectivity index (χ2v) is 12.6. The molecular formula is C27H30FN5O6S. The predicted octanol–water partition coefficient (Wildman–Crippen LogP) is 2.67. The Hall–Kier alpha value is -4.02. The Morgan fingerprint density at radius 2 is 1.70 bits per heavy atom. The largest absolute Gasteiger partial charge is 0.444 e. The van der Waals surface area contributed by atoms with E-state index in [1.54, 1.807) is 42.7 Å². The molecule has 0 saturated carbocycles. The number of sulfonamides is 1. The SMILES string of the molecule is CC(C)(C)C(=O)Nc1cc(C#N)ccc1COC(=O)N1C[C@@H]2CN(C(=O)c3ccc(S(N)(=O)=O)c(F)c3)C[C@H]2C1. The van der Waals surface area contributed by atoms with Crippen molar-refractivity contribution in [1.29, 1.82) is 5.26 Å². The van der Waals surface area contributed by atoms with E-state index < -0.39 is 38.2 Å². The third kappa shape index (κ3) is 6.24. The molecule has 13 heteroatoms. The van der Waals surface area contributed by atoms with Gasteiger partial charge in [-0.2, -0.15) is 5.26 Å². The van der Waals surface area contributed by atoms with Crippen molar-refractivity contribution < 1.29 is 31.9 Å². The van der Waals surface area contributed by atoms with Gasteiger partial charge >= 0.3 is 6.09 Å². The maximum atomic E-state index is 14.2. The Balaban J connectivity index is 1.35. The summed E-state index contributed by atoms with van der Waals surface area (Å²) in [6.45, 7) is 6.61. The van der Waals surface area contributed by atoms with E-state index in [-0.39, 0.29) is 29.9 Å². The number of amides is 3. The van der Waals surface area contributed by atoms with Crippen LogP contribution in [0.5, 0.6) is 0 Å².